The predicted molar refractivity (Wildman–Crippen MR) is 129 cm³/mol. The zero-order valence-electron chi connectivity index (χ0n) is 18.5. The standard InChI is InChI=1S/C22H25F3N4O4S2/c23-22(24,25)21(31)28-27-15-9-11-16(12-10-15)29-35(32,33)19-8-4-5-17(13-19)26-20(30)14-34-18-6-2-1-3-7-18/h4-5,8-13,18,27,29H,1-3,6-7,14H2,(H,26,30)(H,28,31). The molecule has 0 aromatic heterocycles. The Labute approximate surface area is 205 Å². The van der Waals surface area contributed by atoms with Gasteiger partial charge in [0.05, 0.1) is 16.3 Å². The van der Waals surface area contributed by atoms with Gasteiger partial charge in [0, 0.05) is 16.6 Å². The van der Waals surface area contributed by atoms with E-state index in [0.717, 1.165) is 12.8 Å². The molecule has 0 spiro atoms. The van der Waals surface area contributed by atoms with Crippen molar-refractivity contribution in [3.05, 3.63) is 48.5 Å². The van der Waals surface area contributed by atoms with E-state index >= 15 is 0 Å². The molecule has 1 fully saturated rings. The average molecular weight is 531 g/mol. The normalized spacial score (nSPS) is 14.7. The van der Waals surface area contributed by atoms with Crippen molar-refractivity contribution in [2.24, 2.45) is 0 Å². The number of hydrazine groups is 1. The molecule has 35 heavy (non-hydrogen) atoms. The van der Waals surface area contributed by atoms with E-state index in [1.807, 2.05) is 0 Å². The number of hydrogen-bond acceptors (Lipinski definition) is 6. The summed E-state index contributed by atoms with van der Waals surface area (Å²) in [7, 11) is -4.00. The van der Waals surface area contributed by atoms with E-state index in [4.69, 9.17) is 0 Å². The molecule has 0 radical (unpaired) electrons. The maximum atomic E-state index is 12.8. The van der Waals surface area contributed by atoms with Gasteiger partial charge in [-0.05, 0) is 55.3 Å². The third kappa shape index (κ3) is 8.35. The first-order valence-electron chi connectivity index (χ1n) is 10.8. The summed E-state index contributed by atoms with van der Waals surface area (Å²) < 4.78 is 64.5. The first-order chi connectivity index (χ1) is 16.5. The minimum Gasteiger partial charge on any atom is -0.325 e. The fourth-order valence-electron chi connectivity index (χ4n) is 3.40. The lowest BCUT2D eigenvalue weighted by Crippen LogP contribution is -2.40. The maximum Gasteiger partial charge on any atom is 0.472 e. The lowest BCUT2D eigenvalue weighted by atomic mass is 10.0. The zero-order valence-corrected chi connectivity index (χ0v) is 20.2. The molecule has 13 heteroatoms. The van der Waals surface area contributed by atoms with E-state index in [9.17, 15) is 31.2 Å². The van der Waals surface area contributed by atoms with Gasteiger partial charge < -0.3 is 5.32 Å². The predicted octanol–water partition coefficient (Wildman–Crippen LogP) is 4.50. The van der Waals surface area contributed by atoms with Crippen LogP contribution in [0, 0.1) is 0 Å². The van der Waals surface area contributed by atoms with Crippen LogP contribution in [0.4, 0.5) is 30.2 Å². The van der Waals surface area contributed by atoms with Gasteiger partial charge in [-0.1, -0.05) is 25.3 Å². The van der Waals surface area contributed by atoms with Crippen LogP contribution in [0.5, 0.6) is 0 Å². The second-order valence-corrected chi connectivity index (χ2v) is 10.9. The summed E-state index contributed by atoms with van der Waals surface area (Å²) in [4.78, 5) is 23.1. The SMILES string of the molecule is O=C(CSC1CCCCC1)Nc1cccc(S(=O)(=O)Nc2ccc(NNC(=O)C(F)(F)F)cc2)c1. The highest BCUT2D eigenvalue weighted by Gasteiger charge is 2.38. The summed E-state index contributed by atoms with van der Waals surface area (Å²) in [5.74, 6) is -2.07. The lowest BCUT2D eigenvalue weighted by molar-refractivity contribution is -0.173. The van der Waals surface area contributed by atoms with E-state index in [2.05, 4.69) is 15.5 Å². The molecule has 8 nitrogen and oxygen atoms in total. The Morgan fingerprint density at radius 1 is 0.943 bits per heavy atom. The molecule has 1 saturated carbocycles. The number of carbonyl (C=O) groups is 2. The van der Waals surface area contributed by atoms with E-state index < -0.39 is 22.1 Å². The maximum absolute atomic E-state index is 12.8. The number of benzene rings is 2. The summed E-state index contributed by atoms with van der Waals surface area (Å²) in [6.07, 6.45) is 0.776. The van der Waals surface area contributed by atoms with Crippen LogP contribution in [-0.4, -0.2) is 37.4 Å². The van der Waals surface area contributed by atoms with Crippen molar-refractivity contribution in [2.75, 3.05) is 21.2 Å². The highest BCUT2D eigenvalue weighted by molar-refractivity contribution is 8.00. The Morgan fingerprint density at radius 2 is 1.60 bits per heavy atom. The molecule has 1 aliphatic rings. The second-order valence-electron chi connectivity index (χ2n) is 7.91. The summed E-state index contributed by atoms with van der Waals surface area (Å²) in [6.45, 7) is 0. The Balaban J connectivity index is 1.56. The number of thioether (sulfide) groups is 1. The van der Waals surface area contributed by atoms with Crippen molar-refractivity contribution in [3.8, 4) is 0 Å². The Bertz CT molecular complexity index is 1140. The second kappa shape index (κ2) is 11.7. The van der Waals surface area contributed by atoms with Crippen LogP contribution in [0.15, 0.2) is 53.4 Å². The van der Waals surface area contributed by atoms with Gasteiger partial charge in [-0.3, -0.25) is 25.2 Å². The molecule has 2 aromatic carbocycles. The molecule has 0 heterocycles. The number of alkyl halides is 3. The third-order valence-electron chi connectivity index (χ3n) is 5.15. The van der Waals surface area contributed by atoms with E-state index in [0.29, 0.717) is 16.7 Å². The summed E-state index contributed by atoms with van der Waals surface area (Å²) in [5, 5.41) is 3.20. The van der Waals surface area contributed by atoms with Crippen molar-refractivity contribution in [1.82, 2.24) is 5.43 Å². The number of amides is 2. The quantitative estimate of drug-likeness (QED) is 0.355. The number of nitrogens with one attached hydrogen (secondary N) is 4. The van der Waals surface area contributed by atoms with Crippen LogP contribution in [0.2, 0.25) is 0 Å². The number of sulfonamides is 1. The molecule has 0 aliphatic heterocycles. The van der Waals surface area contributed by atoms with Crippen molar-refractivity contribution in [1.29, 1.82) is 0 Å². The van der Waals surface area contributed by atoms with Crippen LogP contribution < -0.4 is 20.9 Å². The van der Waals surface area contributed by atoms with Crippen LogP contribution >= 0.6 is 11.8 Å². The van der Waals surface area contributed by atoms with Gasteiger partial charge in [-0.25, -0.2) is 8.42 Å². The largest absolute Gasteiger partial charge is 0.472 e. The molecule has 0 unspecified atom stereocenters. The molecule has 0 atom stereocenters. The molecule has 1 aliphatic carbocycles. The smallest absolute Gasteiger partial charge is 0.325 e. The van der Waals surface area contributed by atoms with Crippen LogP contribution in [-0.2, 0) is 19.6 Å². The minimum absolute atomic E-state index is 0.0742. The molecular weight excluding hydrogens is 505 g/mol. The van der Waals surface area contributed by atoms with Gasteiger partial charge in [-0.15, -0.1) is 11.8 Å². The molecule has 2 aromatic rings. The van der Waals surface area contributed by atoms with Gasteiger partial charge in [0.1, 0.15) is 0 Å². The van der Waals surface area contributed by atoms with Gasteiger partial charge in [0.15, 0.2) is 0 Å². The molecule has 2 amide bonds. The number of hydrogen-bond donors (Lipinski definition) is 4. The molecule has 0 saturated heterocycles. The van der Waals surface area contributed by atoms with Crippen molar-refractivity contribution < 1.29 is 31.2 Å². The van der Waals surface area contributed by atoms with E-state index in [1.165, 1.54) is 67.2 Å². The molecular formula is C22H25F3N4O4S2. The van der Waals surface area contributed by atoms with Crippen LogP contribution in [0.25, 0.3) is 0 Å². The Morgan fingerprint density at radius 3 is 2.26 bits per heavy atom. The van der Waals surface area contributed by atoms with E-state index in [1.54, 1.807) is 17.8 Å². The monoisotopic (exact) mass is 530 g/mol. The number of rotatable bonds is 9. The zero-order chi connectivity index (χ0) is 25.5. The number of carbonyl (C=O) groups excluding carboxylic acids is 2. The minimum atomic E-state index is -5.04. The molecule has 190 valence electrons. The fraction of sp³-hybridized carbons (Fsp3) is 0.364. The summed E-state index contributed by atoms with van der Waals surface area (Å²) in [6, 6.07) is 11.0. The Hall–Kier alpha value is -2.93. The summed E-state index contributed by atoms with van der Waals surface area (Å²) in [5.41, 5.74) is 4.19. The van der Waals surface area contributed by atoms with Gasteiger partial charge in [-0.2, -0.15) is 13.2 Å². The van der Waals surface area contributed by atoms with Crippen molar-refractivity contribution in [2.45, 2.75) is 48.4 Å². The number of halogens is 3. The first kappa shape index (κ1) is 26.7. The molecule has 4 N–H and O–H groups in total. The van der Waals surface area contributed by atoms with Crippen LogP contribution in [0.3, 0.4) is 0 Å². The van der Waals surface area contributed by atoms with Crippen LogP contribution in [0.1, 0.15) is 32.1 Å². The van der Waals surface area contributed by atoms with Gasteiger partial charge in [0.25, 0.3) is 10.0 Å². The van der Waals surface area contributed by atoms with Crippen molar-refractivity contribution >= 4 is 50.7 Å². The first-order valence-corrected chi connectivity index (χ1v) is 13.3. The highest BCUT2D eigenvalue weighted by atomic mass is 32.2. The lowest BCUT2D eigenvalue weighted by Gasteiger charge is -2.20. The average Bonchev–Trinajstić information content (AvgIpc) is 2.82. The third-order valence-corrected chi connectivity index (χ3v) is 7.90. The van der Waals surface area contributed by atoms with Gasteiger partial charge >= 0.3 is 12.1 Å². The van der Waals surface area contributed by atoms with Crippen molar-refractivity contribution in [3.63, 3.8) is 0 Å². The molecule has 3 rings (SSSR count). The highest BCUT2D eigenvalue weighted by Crippen LogP contribution is 2.28. The van der Waals surface area contributed by atoms with E-state index in [-0.39, 0.29) is 22.2 Å². The topological polar surface area (TPSA) is 116 Å². The van der Waals surface area contributed by atoms with Gasteiger partial charge in [0.2, 0.25) is 5.91 Å². The number of anilines is 3. The molecule has 0 bridgehead atoms. The summed E-state index contributed by atoms with van der Waals surface area (Å²) >= 11 is 1.62. The Kier molecular flexibility index (Phi) is 8.89. The fourth-order valence-corrected chi connectivity index (χ4v) is 5.63.